The zero-order valence-corrected chi connectivity index (χ0v) is 27.4. The van der Waals surface area contributed by atoms with Crippen LogP contribution in [0.4, 0.5) is 0 Å². The standard InChI is InChI=1S/C18H38.C14H21NO2S2/c1-6-7-8-12-17(4)14-10-15-18(5)13-9-11-16(2)3;1-5-11-10(4)14(17-6-13(15)16)9(3)8(2)12(11)7-19-18/h16-18H,6-15H2,1-5H3;18H,5-7H2,1-4H3,(H2,15,16)/t17-,18+;/m0./s1. The van der Waals surface area contributed by atoms with Gasteiger partial charge in [-0.05, 0) is 72.8 Å². The molecule has 3 nitrogen and oxygen atoms in total. The molecule has 1 rings (SSSR count). The summed E-state index contributed by atoms with van der Waals surface area (Å²) < 4.78 is 5.59. The van der Waals surface area contributed by atoms with E-state index in [4.69, 9.17) is 10.5 Å². The third-order valence-corrected chi connectivity index (χ3v) is 8.41. The fraction of sp³-hybridized carbons (Fsp3) is 0.781. The molecule has 0 unspecified atom stereocenters. The van der Waals surface area contributed by atoms with Crippen molar-refractivity contribution >= 4 is 28.4 Å². The second kappa shape index (κ2) is 21.1. The predicted molar refractivity (Wildman–Crippen MR) is 170 cm³/mol. The van der Waals surface area contributed by atoms with Crippen molar-refractivity contribution in [3.8, 4) is 5.75 Å². The molecular formula is C32H59NO2S2. The summed E-state index contributed by atoms with van der Waals surface area (Å²) in [7, 11) is 1.52. The summed E-state index contributed by atoms with van der Waals surface area (Å²) in [6.45, 7) is 20.0. The van der Waals surface area contributed by atoms with Crippen LogP contribution in [0.2, 0.25) is 0 Å². The molecule has 1 aromatic carbocycles. The van der Waals surface area contributed by atoms with Gasteiger partial charge in [-0.2, -0.15) is 0 Å². The molecule has 2 atom stereocenters. The van der Waals surface area contributed by atoms with Gasteiger partial charge in [0.15, 0.2) is 6.61 Å². The van der Waals surface area contributed by atoms with Gasteiger partial charge in [0, 0.05) is 5.75 Å². The zero-order valence-electron chi connectivity index (χ0n) is 25.7. The summed E-state index contributed by atoms with van der Waals surface area (Å²) in [5, 5.41) is 0. The molecule has 0 spiro atoms. The number of rotatable bonds is 18. The maximum absolute atomic E-state index is 10.9. The Kier molecular flexibility index (Phi) is 20.6. The number of primary amides is 1. The highest BCUT2D eigenvalue weighted by atomic mass is 33.1. The minimum absolute atomic E-state index is 0.0784. The highest BCUT2D eigenvalue weighted by Gasteiger charge is 2.17. The van der Waals surface area contributed by atoms with Gasteiger partial charge >= 0.3 is 0 Å². The topological polar surface area (TPSA) is 52.3 Å². The highest BCUT2D eigenvalue weighted by Crippen LogP contribution is 2.35. The number of nitrogens with two attached hydrogens (primary N) is 1. The average Bonchev–Trinajstić information content (AvgIpc) is 2.83. The van der Waals surface area contributed by atoms with Gasteiger partial charge in [0.1, 0.15) is 5.75 Å². The molecule has 216 valence electrons. The number of hydrogen-bond acceptors (Lipinski definition) is 4. The lowest BCUT2D eigenvalue weighted by Gasteiger charge is -2.21. The molecular weight excluding hydrogens is 494 g/mol. The Morgan fingerprint density at radius 2 is 1.35 bits per heavy atom. The number of carbonyl (C=O) groups excluding carboxylic acids is 1. The van der Waals surface area contributed by atoms with Crippen molar-refractivity contribution < 1.29 is 9.53 Å². The fourth-order valence-electron chi connectivity index (χ4n) is 5.09. The van der Waals surface area contributed by atoms with Crippen molar-refractivity contribution in [3.63, 3.8) is 0 Å². The van der Waals surface area contributed by atoms with Crippen LogP contribution in [0.15, 0.2) is 0 Å². The first-order valence-corrected chi connectivity index (χ1v) is 16.8. The normalized spacial score (nSPS) is 12.7. The lowest BCUT2D eigenvalue weighted by Crippen LogP contribution is -2.21. The van der Waals surface area contributed by atoms with Crippen LogP contribution in [-0.4, -0.2) is 12.5 Å². The maximum Gasteiger partial charge on any atom is 0.255 e. The van der Waals surface area contributed by atoms with Crippen molar-refractivity contribution in [1.82, 2.24) is 0 Å². The van der Waals surface area contributed by atoms with Gasteiger partial charge in [-0.25, -0.2) is 0 Å². The Hall–Kier alpha value is -0.810. The molecule has 0 aliphatic rings. The summed E-state index contributed by atoms with van der Waals surface area (Å²) in [5.74, 6) is 4.00. The third-order valence-electron chi connectivity index (χ3n) is 7.61. The first-order valence-electron chi connectivity index (χ1n) is 14.8. The smallest absolute Gasteiger partial charge is 0.255 e. The molecule has 0 bridgehead atoms. The molecule has 0 saturated heterocycles. The van der Waals surface area contributed by atoms with Gasteiger partial charge in [-0.1, -0.05) is 117 Å². The minimum atomic E-state index is -0.454. The van der Waals surface area contributed by atoms with Gasteiger partial charge in [-0.3, -0.25) is 4.79 Å². The molecule has 0 saturated carbocycles. The maximum atomic E-state index is 10.9. The van der Waals surface area contributed by atoms with Crippen molar-refractivity contribution in [1.29, 1.82) is 0 Å². The van der Waals surface area contributed by atoms with E-state index in [1.165, 1.54) is 91.7 Å². The van der Waals surface area contributed by atoms with Crippen LogP contribution in [-0.2, 0) is 17.0 Å². The van der Waals surface area contributed by atoms with Crippen LogP contribution in [0.5, 0.6) is 5.75 Å². The SMILES string of the molecule is CCCCC[C@H](C)CCC[C@H](C)CCCC(C)C.CCc1c(C)c(OCC(N)=O)c(C)c(C)c1CSS. The molecule has 0 radical (unpaired) electrons. The van der Waals surface area contributed by atoms with Crippen LogP contribution < -0.4 is 10.5 Å². The molecule has 0 aliphatic heterocycles. The fourth-order valence-corrected chi connectivity index (χ4v) is 5.99. The molecule has 2 N–H and O–H groups in total. The van der Waals surface area contributed by atoms with Crippen LogP contribution in [0.1, 0.15) is 134 Å². The van der Waals surface area contributed by atoms with Gasteiger partial charge < -0.3 is 10.5 Å². The summed E-state index contributed by atoms with van der Waals surface area (Å²) >= 11 is 4.25. The molecule has 0 fully saturated rings. The number of thiol groups is 1. The lowest BCUT2D eigenvalue weighted by molar-refractivity contribution is -0.119. The molecule has 1 amide bonds. The minimum Gasteiger partial charge on any atom is -0.483 e. The Morgan fingerprint density at radius 1 is 0.811 bits per heavy atom. The Balaban J connectivity index is 0.000000702. The van der Waals surface area contributed by atoms with Gasteiger partial charge in [-0.15, -0.1) is 11.7 Å². The van der Waals surface area contributed by atoms with E-state index in [1.807, 2.05) is 13.8 Å². The third kappa shape index (κ3) is 15.4. The second-order valence-electron chi connectivity index (χ2n) is 11.5. The average molecular weight is 554 g/mol. The van der Waals surface area contributed by atoms with Crippen molar-refractivity contribution in [3.05, 3.63) is 27.8 Å². The molecule has 5 heteroatoms. The Bertz CT molecular complexity index is 764. The first-order chi connectivity index (χ1) is 17.5. The van der Waals surface area contributed by atoms with E-state index in [2.05, 4.69) is 60.1 Å². The number of benzene rings is 1. The van der Waals surface area contributed by atoms with Crippen LogP contribution in [0.3, 0.4) is 0 Å². The quantitative estimate of drug-likeness (QED) is 0.108. The Labute approximate surface area is 239 Å². The molecule has 0 aromatic heterocycles. The molecule has 0 aliphatic carbocycles. The van der Waals surface area contributed by atoms with Crippen LogP contribution >= 0.6 is 22.5 Å². The van der Waals surface area contributed by atoms with Crippen LogP contribution in [0.25, 0.3) is 0 Å². The summed E-state index contributed by atoms with van der Waals surface area (Å²) in [5.41, 5.74) is 11.1. The van der Waals surface area contributed by atoms with E-state index >= 15 is 0 Å². The van der Waals surface area contributed by atoms with Gasteiger partial charge in [0.2, 0.25) is 0 Å². The monoisotopic (exact) mass is 553 g/mol. The van der Waals surface area contributed by atoms with E-state index in [-0.39, 0.29) is 6.61 Å². The Morgan fingerprint density at radius 3 is 1.81 bits per heavy atom. The number of ether oxygens (including phenoxy) is 1. The van der Waals surface area contributed by atoms with E-state index < -0.39 is 5.91 Å². The number of hydrogen-bond donors (Lipinski definition) is 2. The molecule has 37 heavy (non-hydrogen) atoms. The number of carbonyl (C=O) groups is 1. The summed E-state index contributed by atoms with van der Waals surface area (Å²) in [6, 6.07) is 0. The zero-order chi connectivity index (χ0) is 28.4. The lowest BCUT2D eigenvalue weighted by atomic mass is 9.91. The first kappa shape index (κ1) is 36.2. The molecule has 0 heterocycles. The number of amides is 1. The van der Waals surface area contributed by atoms with E-state index in [0.717, 1.165) is 46.8 Å². The van der Waals surface area contributed by atoms with E-state index in [1.54, 1.807) is 0 Å². The number of unbranched alkanes of at least 4 members (excludes halogenated alkanes) is 2. The largest absolute Gasteiger partial charge is 0.483 e. The van der Waals surface area contributed by atoms with Crippen molar-refractivity contribution in [2.24, 2.45) is 23.5 Å². The van der Waals surface area contributed by atoms with Gasteiger partial charge in [0.05, 0.1) is 0 Å². The van der Waals surface area contributed by atoms with Crippen LogP contribution in [0, 0.1) is 38.5 Å². The summed E-state index contributed by atoms with van der Waals surface area (Å²) in [4.78, 5) is 10.9. The highest BCUT2D eigenvalue weighted by molar-refractivity contribution is 8.68. The second-order valence-corrected chi connectivity index (χ2v) is 12.8. The van der Waals surface area contributed by atoms with Crippen molar-refractivity contribution in [2.75, 3.05) is 6.61 Å². The van der Waals surface area contributed by atoms with Crippen molar-refractivity contribution in [2.45, 2.75) is 139 Å². The van der Waals surface area contributed by atoms with E-state index in [9.17, 15) is 4.79 Å². The molecule has 1 aromatic rings. The van der Waals surface area contributed by atoms with Gasteiger partial charge in [0.25, 0.3) is 5.91 Å². The van der Waals surface area contributed by atoms with E-state index in [0.29, 0.717) is 0 Å². The predicted octanol–water partition coefficient (Wildman–Crippen LogP) is 9.95. The summed E-state index contributed by atoms with van der Waals surface area (Å²) in [6.07, 6.45) is 15.3.